The van der Waals surface area contributed by atoms with E-state index in [1.54, 1.807) is 24.3 Å². The molecule has 0 spiro atoms. The Hall–Kier alpha value is -1.38. The van der Waals surface area contributed by atoms with Crippen molar-refractivity contribution in [2.45, 2.75) is 0 Å². The summed E-state index contributed by atoms with van der Waals surface area (Å²) in [4.78, 5) is 10.9. The molecule has 0 N–H and O–H groups in total. The first-order chi connectivity index (χ1) is 8.13. The van der Waals surface area contributed by atoms with Crippen LogP contribution in [0.15, 0.2) is 36.4 Å². The van der Waals surface area contributed by atoms with Crippen LogP contribution in [0.2, 0.25) is 10.0 Å². The fraction of sp³-hybridized carbons (Fsp3) is 0. The van der Waals surface area contributed by atoms with Gasteiger partial charge >= 0.3 is 0 Å². The molecule has 1 nitrogen and oxygen atoms in total. The molecule has 0 aliphatic heterocycles. The lowest BCUT2D eigenvalue weighted by Gasteiger charge is -2.07. The molecule has 0 aliphatic carbocycles. The van der Waals surface area contributed by atoms with Gasteiger partial charge < -0.3 is 0 Å². The van der Waals surface area contributed by atoms with Crippen LogP contribution >= 0.6 is 23.2 Å². The van der Waals surface area contributed by atoms with Gasteiger partial charge in [0.1, 0.15) is 5.82 Å². The molecule has 2 aromatic carbocycles. The second-order valence-electron chi connectivity index (χ2n) is 3.45. The number of carbonyl (C=O) groups is 1. The third-order valence-corrected chi connectivity index (χ3v) is 3.12. The minimum atomic E-state index is -0.360. The van der Waals surface area contributed by atoms with Gasteiger partial charge in [-0.25, -0.2) is 4.39 Å². The molecule has 4 heteroatoms. The van der Waals surface area contributed by atoms with Gasteiger partial charge in [0.05, 0.1) is 15.6 Å². The normalized spacial score (nSPS) is 10.3. The van der Waals surface area contributed by atoms with Crippen molar-refractivity contribution < 1.29 is 9.18 Å². The van der Waals surface area contributed by atoms with E-state index < -0.39 is 0 Å². The van der Waals surface area contributed by atoms with E-state index in [1.165, 1.54) is 12.1 Å². The maximum atomic E-state index is 13.1. The van der Waals surface area contributed by atoms with E-state index in [0.29, 0.717) is 17.4 Å². The van der Waals surface area contributed by atoms with Crippen LogP contribution in [0.4, 0.5) is 4.39 Å². The number of rotatable bonds is 2. The standard InChI is InChI=1S/C13H7Cl2FO/c14-12-5-4-10(13(15)11(12)7-17)8-2-1-3-9(16)6-8/h1-7H. The van der Waals surface area contributed by atoms with Crippen molar-refractivity contribution in [3.05, 3.63) is 57.8 Å². The van der Waals surface area contributed by atoms with E-state index in [9.17, 15) is 9.18 Å². The summed E-state index contributed by atoms with van der Waals surface area (Å²) in [6, 6.07) is 9.21. The van der Waals surface area contributed by atoms with E-state index in [-0.39, 0.29) is 21.4 Å². The molecular weight excluding hydrogens is 262 g/mol. The fourth-order valence-corrected chi connectivity index (χ4v) is 2.13. The molecule has 0 aromatic heterocycles. The van der Waals surface area contributed by atoms with E-state index in [4.69, 9.17) is 23.2 Å². The van der Waals surface area contributed by atoms with Crippen molar-refractivity contribution in [2.24, 2.45) is 0 Å². The van der Waals surface area contributed by atoms with Crippen LogP contribution in [0, 0.1) is 5.82 Å². The first-order valence-electron chi connectivity index (χ1n) is 4.82. The maximum Gasteiger partial charge on any atom is 0.153 e. The molecule has 0 saturated carbocycles. The largest absolute Gasteiger partial charge is 0.298 e. The van der Waals surface area contributed by atoms with Gasteiger partial charge in [-0.3, -0.25) is 4.79 Å². The number of hydrogen-bond donors (Lipinski definition) is 0. The van der Waals surface area contributed by atoms with E-state index in [2.05, 4.69) is 0 Å². The second kappa shape index (κ2) is 4.86. The van der Waals surface area contributed by atoms with Crippen molar-refractivity contribution in [2.75, 3.05) is 0 Å². The molecule has 0 saturated heterocycles. The molecule has 2 rings (SSSR count). The van der Waals surface area contributed by atoms with Gasteiger partial charge in [0.2, 0.25) is 0 Å². The summed E-state index contributed by atoms with van der Waals surface area (Å²) in [6.07, 6.45) is 0.591. The zero-order valence-electron chi connectivity index (χ0n) is 8.58. The van der Waals surface area contributed by atoms with Crippen LogP contribution in [0.25, 0.3) is 11.1 Å². The third kappa shape index (κ3) is 2.33. The van der Waals surface area contributed by atoms with E-state index >= 15 is 0 Å². The zero-order chi connectivity index (χ0) is 12.4. The monoisotopic (exact) mass is 268 g/mol. The Kier molecular flexibility index (Phi) is 3.46. The highest BCUT2D eigenvalue weighted by molar-refractivity contribution is 6.40. The summed E-state index contributed by atoms with van der Waals surface area (Å²) >= 11 is 11.9. The van der Waals surface area contributed by atoms with Crippen LogP contribution in [-0.4, -0.2) is 6.29 Å². The van der Waals surface area contributed by atoms with Gasteiger partial charge in [-0.15, -0.1) is 0 Å². The summed E-state index contributed by atoms with van der Waals surface area (Å²) in [5.41, 5.74) is 1.41. The molecule has 0 radical (unpaired) electrons. The SMILES string of the molecule is O=Cc1c(Cl)ccc(-c2cccc(F)c2)c1Cl. The molecule has 0 atom stereocenters. The minimum Gasteiger partial charge on any atom is -0.298 e. The number of benzene rings is 2. The summed E-state index contributed by atoms with van der Waals surface area (Å²) in [6.45, 7) is 0. The molecule has 0 amide bonds. The highest BCUT2D eigenvalue weighted by Gasteiger charge is 2.11. The van der Waals surface area contributed by atoms with E-state index in [0.717, 1.165) is 0 Å². The Morgan fingerprint density at radius 2 is 1.88 bits per heavy atom. The lowest BCUT2D eigenvalue weighted by atomic mass is 10.0. The molecule has 17 heavy (non-hydrogen) atoms. The fourth-order valence-electron chi connectivity index (χ4n) is 1.56. The first-order valence-corrected chi connectivity index (χ1v) is 5.58. The number of aldehydes is 1. The highest BCUT2D eigenvalue weighted by atomic mass is 35.5. The molecule has 2 aromatic rings. The average molecular weight is 269 g/mol. The predicted molar refractivity (Wildman–Crippen MR) is 67.2 cm³/mol. The van der Waals surface area contributed by atoms with Crippen LogP contribution in [0.1, 0.15) is 10.4 Å². The molecular formula is C13H7Cl2FO. The lowest BCUT2D eigenvalue weighted by Crippen LogP contribution is -1.89. The van der Waals surface area contributed by atoms with Crippen LogP contribution in [0.5, 0.6) is 0 Å². The van der Waals surface area contributed by atoms with E-state index in [1.807, 2.05) is 0 Å². The van der Waals surface area contributed by atoms with Crippen molar-refractivity contribution in [1.29, 1.82) is 0 Å². The molecule has 0 bridgehead atoms. The summed E-state index contributed by atoms with van der Waals surface area (Å²) in [7, 11) is 0. The van der Waals surface area contributed by atoms with Crippen molar-refractivity contribution in [1.82, 2.24) is 0 Å². The number of halogens is 3. The summed E-state index contributed by atoms with van der Waals surface area (Å²) < 4.78 is 13.1. The number of carbonyl (C=O) groups excluding carboxylic acids is 1. The quantitative estimate of drug-likeness (QED) is 0.727. The van der Waals surface area contributed by atoms with Gasteiger partial charge in [-0.2, -0.15) is 0 Å². The Labute approximate surface area is 108 Å². The lowest BCUT2D eigenvalue weighted by molar-refractivity contribution is 0.112. The Balaban J connectivity index is 2.64. The first kappa shape index (κ1) is 12.1. The topological polar surface area (TPSA) is 17.1 Å². The molecule has 86 valence electrons. The van der Waals surface area contributed by atoms with Crippen molar-refractivity contribution in [3.63, 3.8) is 0 Å². The van der Waals surface area contributed by atoms with Gasteiger partial charge in [-0.1, -0.05) is 41.4 Å². The van der Waals surface area contributed by atoms with Gasteiger partial charge in [-0.05, 0) is 23.8 Å². The average Bonchev–Trinajstić information content (AvgIpc) is 2.29. The Morgan fingerprint density at radius 3 is 2.53 bits per heavy atom. The van der Waals surface area contributed by atoms with Gasteiger partial charge in [0, 0.05) is 5.56 Å². The van der Waals surface area contributed by atoms with Crippen LogP contribution in [0.3, 0.4) is 0 Å². The summed E-state index contributed by atoms with van der Waals surface area (Å²) in [5.74, 6) is -0.360. The zero-order valence-corrected chi connectivity index (χ0v) is 10.1. The Bertz CT molecular complexity index is 582. The maximum absolute atomic E-state index is 13.1. The molecule has 0 unspecified atom stereocenters. The van der Waals surface area contributed by atoms with Crippen LogP contribution in [-0.2, 0) is 0 Å². The van der Waals surface area contributed by atoms with Crippen LogP contribution < -0.4 is 0 Å². The van der Waals surface area contributed by atoms with Gasteiger partial charge in [0.25, 0.3) is 0 Å². The predicted octanol–water partition coefficient (Wildman–Crippen LogP) is 4.61. The second-order valence-corrected chi connectivity index (χ2v) is 4.24. The minimum absolute atomic E-state index is 0.218. The third-order valence-electron chi connectivity index (χ3n) is 2.38. The molecule has 0 fully saturated rings. The van der Waals surface area contributed by atoms with Gasteiger partial charge in [0.15, 0.2) is 6.29 Å². The summed E-state index contributed by atoms with van der Waals surface area (Å²) in [5, 5.41) is 0.517. The van der Waals surface area contributed by atoms with Crippen molar-refractivity contribution in [3.8, 4) is 11.1 Å². The molecule has 0 aliphatic rings. The smallest absolute Gasteiger partial charge is 0.153 e. The Morgan fingerprint density at radius 1 is 1.12 bits per heavy atom. The highest BCUT2D eigenvalue weighted by Crippen LogP contribution is 2.33. The molecule has 0 heterocycles. The number of hydrogen-bond acceptors (Lipinski definition) is 1. The van der Waals surface area contributed by atoms with Crippen molar-refractivity contribution >= 4 is 29.5 Å².